The standard InChI is InChI=1S/C23H18FN3O3S/c1-13-6-4-7-14(2)20(13)27(15(3)28)23-25-18(12-31-23)11-19-22(29)30-21(26-19)16-8-5-9-17(24)10-16/h4-12H,1-3H3/b19-11+. The predicted molar refractivity (Wildman–Crippen MR) is 118 cm³/mol. The van der Waals surface area contributed by atoms with Crippen molar-refractivity contribution in [2.75, 3.05) is 4.90 Å². The molecule has 3 aromatic rings. The van der Waals surface area contributed by atoms with E-state index in [0.29, 0.717) is 16.4 Å². The van der Waals surface area contributed by atoms with E-state index in [4.69, 9.17) is 4.74 Å². The van der Waals surface area contributed by atoms with Crippen molar-refractivity contribution in [3.8, 4) is 0 Å². The maximum absolute atomic E-state index is 13.5. The van der Waals surface area contributed by atoms with E-state index in [0.717, 1.165) is 16.8 Å². The summed E-state index contributed by atoms with van der Waals surface area (Å²) in [5.41, 5.74) is 3.58. The van der Waals surface area contributed by atoms with Gasteiger partial charge in [0.1, 0.15) is 5.82 Å². The van der Waals surface area contributed by atoms with Crippen LogP contribution in [0.2, 0.25) is 0 Å². The molecular formula is C23H18FN3O3S. The van der Waals surface area contributed by atoms with Gasteiger partial charge in [-0.15, -0.1) is 11.3 Å². The first-order valence-electron chi connectivity index (χ1n) is 9.44. The van der Waals surface area contributed by atoms with Crippen molar-refractivity contribution in [2.24, 2.45) is 4.99 Å². The number of carbonyl (C=O) groups is 2. The molecule has 1 amide bonds. The van der Waals surface area contributed by atoms with E-state index in [-0.39, 0.29) is 17.5 Å². The number of esters is 1. The van der Waals surface area contributed by atoms with Gasteiger partial charge in [0.15, 0.2) is 10.8 Å². The first-order chi connectivity index (χ1) is 14.8. The fourth-order valence-electron chi connectivity index (χ4n) is 3.29. The number of amides is 1. The maximum Gasteiger partial charge on any atom is 0.363 e. The normalized spacial score (nSPS) is 14.5. The van der Waals surface area contributed by atoms with Crippen molar-refractivity contribution >= 4 is 46.0 Å². The molecule has 0 saturated carbocycles. The summed E-state index contributed by atoms with van der Waals surface area (Å²) >= 11 is 1.28. The minimum absolute atomic E-state index is 0.0344. The Morgan fingerprint density at radius 3 is 2.55 bits per heavy atom. The molecule has 0 radical (unpaired) electrons. The number of benzene rings is 2. The average Bonchev–Trinajstić information content (AvgIpc) is 3.32. The third-order valence-electron chi connectivity index (χ3n) is 4.66. The second-order valence-electron chi connectivity index (χ2n) is 7.00. The smallest absolute Gasteiger partial charge is 0.363 e. The van der Waals surface area contributed by atoms with Crippen LogP contribution >= 0.6 is 11.3 Å². The first-order valence-corrected chi connectivity index (χ1v) is 10.3. The Morgan fingerprint density at radius 1 is 1.16 bits per heavy atom. The van der Waals surface area contributed by atoms with Crippen molar-refractivity contribution < 1.29 is 18.7 Å². The van der Waals surface area contributed by atoms with E-state index in [1.54, 1.807) is 16.3 Å². The monoisotopic (exact) mass is 435 g/mol. The molecule has 0 saturated heterocycles. The number of aryl methyl sites for hydroxylation is 2. The Kier molecular flexibility index (Phi) is 5.48. The van der Waals surface area contributed by atoms with Crippen LogP contribution < -0.4 is 4.90 Å². The summed E-state index contributed by atoms with van der Waals surface area (Å²) < 4.78 is 18.6. The Bertz CT molecular complexity index is 1240. The number of cyclic esters (lactones) is 1. The first kappa shape index (κ1) is 20.6. The molecule has 2 aromatic carbocycles. The van der Waals surface area contributed by atoms with Crippen LogP contribution in [-0.4, -0.2) is 22.8 Å². The number of hydrogen-bond donors (Lipinski definition) is 0. The van der Waals surface area contributed by atoms with Crippen LogP contribution in [0.1, 0.15) is 29.3 Å². The zero-order chi connectivity index (χ0) is 22.1. The van der Waals surface area contributed by atoms with Gasteiger partial charge in [-0.05, 0) is 49.2 Å². The minimum Gasteiger partial charge on any atom is -0.402 e. The third kappa shape index (κ3) is 4.15. The molecule has 8 heteroatoms. The number of anilines is 2. The topological polar surface area (TPSA) is 71.9 Å². The second kappa shape index (κ2) is 8.23. The van der Waals surface area contributed by atoms with Crippen LogP contribution in [-0.2, 0) is 14.3 Å². The molecule has 1 aliphatic heterocycles. The lowest BCUT2D eigenvalue weighted by Crippen LogP contribution is -2.24. The van der Waals surface area contributed by atoms with Gasteiger partial charge < -0.3 is 4.74 Å². The SMILES string of the molecule is CC(=O)N(c1nc(/C=C2/N=C(c3cccc(F)c3)OC2=O)cs1)c1c(C)cccc1C. The Balaban J connectivity index is 1.67. The summed E-state index contributed by atoms with van der Waals surface area (Å²) in [6.07, 6.45) is 1.48. The third-order valence-corrected chi connectivity index (χ3v) is 5.50. The zero-order valence-electron chi connectivity index (χ0n) is 17.0. The van der Waals surface area contributed by atoms with Gasteiger partial charge in [0.05, 0.1) is 11.4 Å². The maximum atomic E-state index is 13.5. The van der Waals surface area contributed by atoms with Crippen molar-refractivity contribution in [2.45, 2.75) is 20.8 Å². The molecule has 6 nitrogen and oxygen atoms in total. The molecule has 2 heterocycles. The van der Waals surface area contributed by atoms with Crippen LogP contribution in [0.5, 0.6) is 0 Å². The van der Waals surface area contributed by atoms with Crippen LogP contribution in [0.3, 0.4) is 0 Å². The van der Waals surface area contributed by atoms with Crippen LogP contribution in [0.25, 0.3) is 6.08 Å². The summed E-state index contributed by atoms with van der Waals surface area (Å²) in [6, 6.07) is 11.5. The molecule has 0 aliphatic carbocycles. The summed E-state index contributed by atoms with van der Waals surface area (Å²) in [4.78, 5) is 34.9. The number of aliphatic imine (C=N–C) groups is 1. The molecular weight excluding hydrogens is 417 g/mol. The fraction of sp³-hybridized carbons (Fsp3) is 0.130. The van der Waals surface area contributed by atoms with E-state index in [9.17, 15) is 14.0 Å². The predicted octanol–water partition coefficient (Wildman–Crippen LogP) is 4.93. The van der Waals surface area contributed by atoms with E-state index in [1.807, 2.05) is 32.0 Å². The number of halogens is 1. The Hall–Kier alpha value is -3.65. The zero-order valence-corrected chi connectivity index (χ0v) is 17.9. The van der Waals surface area contributed by atoms with Crippen molar-refractivity contribution in [3.05, 3.63) is 81.7 Å². The fourth-order valence-corrected chi connectivity index (χ4v) is 4.12. The largest absolute Gasteiger partial charge is 0.402 e. The van der Waals surface area contributed by atoms with E-state index in [2.05, 4.69) is 9.98 Å². The highest BCUT2D eigenvalue weighted by Crippen LogP contribution is 2.34. The number of carbonyl (C=O) groups excluding carboxylic acids is 2. The minimum atomic E-state index is -0.646. The number of ether oxygens (including phenoxy) is 1. The van der Waals surface area contributed by atoms with Gasteiger partial charge in [0, 0.05) is 17.9 Å². The lowest BCUT2D eigenvalue weighted by Gasteiger charge is -2.22. The molecule has 0 unspecified atom stereocenters. The molecule has 0 spiro atoms. The van der Waals surface area contributed by atoms with E-state index in [1.165, 1.54) is 42.5 Å². The molecule has 0 N–H and O–H groups in total. The van der Waals surface area contributed by atoms with Crippen molar-refractivity contribution in [3.63, 3.8) is 0 Å². The van der Waals surface area contributed by atoms with E-state index >= 15 is 0 Å². The number of aromatic nitrogens is 1. The summed E-state index contributed by atoms with van der Waals surface area (Å²) in [6.45, 7) is 5.35. The molecule has 0 bridgehead atoms. The number of para-hydroxylation sites is 1. The van der Waals surface area contributed by atoms with Crippen LogP contribution in [0.15, 0.2) is 58.5 Å². The van der Waals surface area contributed by atoms with Crippen molar-refractivity contribution in [1.82, 2.24) is 4.98 Å². The van der Waals surface area contributed by atoms with Gasteiger partial charge in [0.2, 0.25) is 11.8 Å². The lowest BCUT2D eigenvalue weighted by molar-refractivity contribution is -0.130. The molecule has 156 valence electrons. The number of thiazole rings is 1. The molecule has 4 rings (SSSR count). The lowest BCUT2D eigenvalue weighted by atomic mass is 10.1. The quantitative estimate of drug-likeness (QED) is 0.430. The highest BCUT2D eigenvalue weighted by molar-refractivity contribution is 7.14. The van der Waals surface area contributed by atoms with Gasteiger partial charge >= 0.3 is 5.97 Å². The highest BCUT2D eigenvalue weighted by Gasteiger charge is 2.26. The molecule has 31 heavy (non-hydrogen) atoms. The van der Waals surface area contributed by atoms with Gasteiger partial charge in [-0.1, -0.05) is 24.3 Å². The van der Waals surface area contributed by atoms with Gasteiger partial charge in [-0.2, -0.15) is 0 Å². The van der Waals surface area contributed by atoms with Crippen LogP contribution in [0.4, 0.5) is 15.2 Å². The van der Waals surface area contributed by atoms with Gasteiger partial charge in [-0.25, -0.2) is 19.2 Å². The molecule has 0 atom stereocenters. The number of nitrogens with zero attached hydrogens (tertiary/aromatic N) is 3. The van der Waals surface area contributed by atoms with E-state index < -0.39 is 11.8 Å². The number of hydrogen-bond acceptors (Lipinski definition) is 6. The molecule has 1 aromatic heterocycles. The summed E-state index contributed by atoms with van der Waals surface area (Å²) in [5.74, 6) is -1.23. The summed E-state index contributed by atoms with van der Waals surface area (Å²) in [7, 11) is 0. The Labute approximate surface area is 182 Å². The van der Waals surface area contributed by atoms with Gasteiger partial charge in [0.25, 0.3) is 0 Å². The van der Waals surface area contributed by atoms with Crippen molar-refractivity contribution in [1.29, 1.82) is 0 Å². The Morgan fingerprint density at radius 2 is 1.87 bits per heavy atom. The molecule has 1 aliphatic rings. The van der Waals surface area contributed by atoms with Crippen LogP contribution in [0, 0.1) is 19.7 Å². The second-order valence-corrected chi connectivity index (χ2v) is 7.83. The number of rotatable bonds is 4. The average molecular weight is 435 g/mol. The summed E-state index contributed by atoms with van der Waals surface area (Å²) in [5, 5.41) is 2.21. The molecule has 0 fully saturated rings. The van der Waals surface area contributed by atoms with Gasteiger partial charge in [-0.3, -0.25) is 9.69 Å². The highest BCUT2D eigenvalue weighted by atomic mass is 32.1.